The van der Waals surface area contributed by atoms with E-state index in [2.05, 4.69) is 10.5 Å². The second-order valence-electron chi connectivity index (χ2n) is 5.97. The molecule has 9 heteroatoms. The summed E-state index contributed by atoms with van der Waals surface area (Å²) in [4.78, 5) is 22.6. The van der Waals surface area contributed by atoms with Gasteiger partial charge in [0, 0.05) is 23.1 Å². The van der Waals surface area contributed by atoms with Crippen molar-refractivity contribution >= 4 is 40.4 Å². The van der Waals surface area contributed by atoms with Gasteiger partial charge in [0.1, 0.15) is 17.1 Å². The second kappa shape index (κ2) is 7.61. The molecular weight excluding hydrogens is 398 g/mol. The third kappa shape index (κ3) is 3.87. The summed E-state index contributed by atoms with van der Waals surface area (Å²) in [5.74, 6) is 0.286. The molecule has 2 heterocycles. The molecule has 4 rings (SSSR count). The summed E-state index contributed by atoms with van der Waals surface area (Å²) in [7, 11) is 0. The second-order valence-corrected chi connectivity index (χ2v) is 6.38. The number of carbonyl (C=O) groups excluding carboxylic acids is 1. The molecule has 0 saturated heterocycles. The van der Waals surface area contributed by atoms with Crippen molar-refractivity contribution in [2.75, 3.05) is 0 Å². The minimum atomic E-state index is -0.515. The lowest BCUT2D eigenvalue weighted by molar-refractivity contribution is -0.384. The van der Waals surface area contributed by atoms with Crippen LogP contribution in [-0.4, -0.2) is 17.0 Å². The number of amides is 1. The molecule has 0 aliphatic heterocycles. The molecule has 2 aromatic heterocycles. The Kier molecular flexibility index (Phi) is 4.84. The van der Waals surface area contributed by atoms with Gasteiger partial charge in [-0.05, 0) is 30.3 Å². The first-order chi connectivity index (χ1) is 14.0. The summed E-state index contributed by atoms with van der Waals surface area (Å²) in [5, 5.41) is 15.9. The van der Waals surface area contributed by atoms with Crippen molar-refractivity contribution in [1.82, 2.24) is 5.43 Å². The summed E-state index contributed by atoms with van der Waals surface area (Å²) < 4.78 is 11.0. The Hall–Kier alpha value is -3.91. The van der Waals surface area contributed by atoms with Crippen molar-refractivity contribution < 1.29 is 18.6 Å². The van der Waals surface area contributed by atoms with Crippen LogP contribution in [0.5, 0.6) is 0 Å². The zero-order valence-corrected chi connectivity index (χ0v) is 15.4. The number of halogens is 1. The summed E-state index contributed by atoms with van der Waals surface area (Å²) in [6, 6.07) is 16.1. The van der Waals surface area contributed by atoms with E-state index < -0.39 is 10.8 Å². The van der Waals surface area contributed by atoms with E-state index in [0.717, 1.165) is 5.39 Å². The van der Waals surface area contributed by atoms with Crippen LogP contribution in [0.25, 0.3) is 22.3 Å². The number of nitro benzene ring substituents is 1. The summed E-state index contributed by atoms with van der Waals surface area (Å²) in [5.41, 5.74) is 3.24. The molecule has 0 bridgehead atoms. The molecule has 0 fully saturated rings. The molecule has 0 aliphatic carbocycles. The number of non-ortho nitro benzene ring substituents is 1. The van der Waals surface area contributed by atoms with Gasteiger partial charge in [-0.3, -0.25) is 14.9 Å². The normalized spacial score (nSPS) is 11.2. The number of nitrogens with zero attached hydrogens (tertiary/aromatic N) is 2. The smallest absolute Gasteiger partial charge is 0.307 e. The highest BCUT2D eigenvalue weighted by molar-refractivity contribution is 6.33. The number of benzene rings is 2. The molecule has 8 nitrogen and oxygen atoms in total. The number of para-hydroxylation sites is 1. The number of rotatable bonds is 5. The third-order valence-corrected chi connectivity index (χ3v) is 4.39. The van der Waals surface area contributed by atoms with E-state index in [9.17, 15) is 14.9 Å². The lowest BCUT2D eigenvalue weighted by Gasteiger charge is -2.00. The molecule has 0 atom stereocenters. The van der Waals surface area contributed by atoms with E-state index >= 15 is 0 Å². The van der Waals surface area contributed by atoms with Crippen LogP contribution in [-0.2, 0) is 0 Å². The number of nitro groups is 1. The Bertz CT molecular complexity index is 1220. The van der Waals surface area contributed by atoms with Gasteiger partial charge in [0.15, 0.2) is 5.76 Å². The van der Waals surface area contributed by atoms with Gasteiger partial charge in [0.05, 0.1) is 16.2 Å². The van der Waals surface area contributed by atoms with Gasteiger partial charge >= 0.3 is 5.91 Å². The van der Waals surface area contributed by atoms with Crippen molar-refractivity contribution in [3.8, 4) is 11.3 Å². The Morgan fingerprint density at radius 2 is 1.93 bits per heavy atom. The van der Waals surface area contributed by atoms with Crippen molar-refractivity contribution in [2.24, 2.45) is 5.10 Å². The molecule has 0 spiro atoms. The Morgan fingerprint density at radius 1 is 1.10 bits per heavy atom. The molecule has 4 aromatic rings. The minimum absolute atomic E-state index is 0.103. The first-order valence-electron chi connectivity index (χ1n) is 8.37. The summed E-state index contributed by atoms with van der Waals surface area (Å²) in [6.45, 7) is 0. The Morgan fingerprint density at radius 3 is 2.72 bits per heavy atom. The minimum Gasteiger partial charge on any atom is -0.455 e. The molecule has 0 aliphatic rings. The van der Waals surface area contributed by atoms with E-state index in [4.69, 9.17) is 20.4 Å². The molecule has 29 heavy (non-hydrogen) atoms. The predicted octanol–water partition coefficient (Wildman–Crippen LogP) is 5.02. The van der Waals surface area contributed by atoms with Crippen LogP contribution < -0.4 is 5.43 Å². The highest BCUT2D eigenvalue weighted by Gasteiger charge is 2.14. The van der Waals surface area contributed by atoms with E-state index in [1.54, 1.807) is 24.3 Å². The first kappa shape index (κ1) is 18.5. The number of hydrazone groups is 1. The van der Waals surface area contributed by atoms with Gasteiger partial charge in [-0.15, -0.1) is 0 Å². The van der Waals surface area contributed by atoms with Crippen molar-refractivity contribution in [2.45, 2.75) is 0 Å². The molecular formula is C20H12ClN3O5. The van der Waals surface area contributed by atoms with Crippen LogP contribution in [0.2, 0.25) is 5.02 Å². The highest BCUT2D eigenvalue weighted by atomic mass is 35.5. The summed E-state index contributed by atoms with van der Waals surface area (Å²) >= 11 is 6.11. The van der Waals surface area contributed by atoms with Crippen molar-refractivity contribution in [3.63, 3.8) is 0 Å². The van der Waals surface area contributed by atoms with Gasteiger partial charge in [-0.2, -0.15) is 5.10 Å². The standard InChI is InChI=1S/C20H12ClN3O5/c21-16-7-5-13(24(26)27)10-15(16)18-8-6-14(28-18)11-22-23-20(25)19-9-12-3-1-2-4-17(12)29-19/h1-11H,(H,23,25)/b22-11+. The third-order valence-electron chi connectivity index (χ3n) is 4.06. The molecule has 0 saturated carbocycles. The monoisotopic (exact) mass is 409 g/mol. The lowest BCUT2D eigenvalue weighted by Crippen LogP contribution is -2.16. The predicted molar refractivity (Wildman–Crippen MR) is 107 cm³/mol. The fourth-order valence-corrected chi connectivity index (χ4v) is 2.90. The highest BCUT2D eigenvalue weighted by Crippen LogP contribution is 2.32. The van der Waals surface area contributed by atoms with Gasteiger partial charge in [-0.1, -0.05) is 29.8 Å². The lowest BCUT2D eigenvalue weighted by atomic mass is 10.1. The summed E-state index contributed by atoms with van der Waals surface area (Å²) in [6.07, 6.45) is 1.30. The van der Waals surface area contributed by atoms with E-state index in [1.807, 2.05) is 18.2 Å². The number of hydrogen-bond acceptors (Lipinski definition) is 6. The Labute approximate surface area is 168 Å². The number of carbonyl (C=O) groups is 1. The maximum atomic E-state index is 12.1. The maximum Gasteiger partial charge on any atom is 0.307 e. The number of nitrogens with one attached hydrogen (secondary N) is 1. The van der Waals surface area contributed by atoms with Crippen LogP contribution in [0.3, 0.4) is 0 Å². The average Bonchev–Trinajstić information content (AvgIpc) is 3.35. The average molecular weight is 410 g/mol. The quantitative estimate of drug-likeness (QED) is 0.282. The topological polar surface area (TPSA) is 111 Å². The molecule has 0 unspecified atom stereocenters. The molecule has 2 aromatic carbocycles. The largest absolute Gasteiger partial charge is 0.455 e. The SMILES string of the molecule is O=C(N/N=C/c1ccc(-c2cc([N+](=O)[O-])ccc2Cl)o1)c1cc2ccccc2o1. The van der Waals surface area contributed by atoms with Crippen LogP contribution in [0.1, 0.15) is 16.3 Å². The number of furan rings is 2. The van der Waals surface area contributed by atoms with Crippen molar-refractivity contribution in [1.29, 1.82) is 0 Å². The first-order valence-corrected chi connectivity index (χ1v) is 8.75. The van der Waals surface area contributed by atoms with Crippen LogP contribution in [0.15, 0.2) is 74.6 Å². The molecule has 1 N–H and O–H groups in total. The number of fused-ring (bicyclic) bond motifs is 1. The maximum absolute atomic E-state index is 12.1. The van der Waals surface area contributed by atoms with Crippen LogP contribution in [0.4, 0.5) is 5.69 Å². The van der Waals surface area contributed by atoms with Gasteiger partial charge in [0.25, 0.3) is 5.69 Å². The number of hydrogen-bond donors (Lipinski definition) is 1. The fraction of sp³-hybridized carbons (Fsp3) is 0. The molecule has 144 valence electrons. The van der Waals surface area contributed by atoms with E-state index in [-0.39, 0.29) is 11.4 Å². The van der Waals surface area contributed by atoms with Gasteiger partial charge in [-0.25, -0.2) is 5.43 Å². The van der Waals surface area contributed by atoms with Crippen LogP contribution in [0, 0.1) is 10.1 Å². The fourth-order valence-electron chi connectivity index (χ4n) is 2.69. The van der Waals surface area contributed by atoms with E-state index in [0.29, 0.717) is 27.7 Å². The Balaban J connectivity index is 1.48. The van der Waals surface area contributed by atoms with Crippen molar-refractivity contribution in [3.05, 3.63) is 87.3 Å². The van der Waals surface area contributed by atoms with Crippen LogP contribution >= 0.6 is 11.6 Å². The van der Waals surface area contributed by atoms with E-state index in [1.165, 1.54) is 24.4 Å². The zero-order valence-electron chi connectivity index (χ0n) is 14.7. The van der Waals surface area contributed by atoms with Gasteiger partial charge in [0.2, 0.25) is 0 Å². The molecule has 1 amide bonds. The molecule has 0 radical (unpaired) electrons. The van der Waals surface area contributed by atoms with Gasteiger partial charge < -0.3 is 8.83 Å². The zero-order chi connectivity index (χ0) is 20.4.